The van der Waals surface area contributed by atoms with Crippen molar-refractivity contribution < 1.29 is 13.0 Å². The molecule has 6 heteroatoms. The molecule has 0 bridgehead atoms. The van der Waals surface area contributed by atoms with Crippen molar-refractivity contribution in [2.75, 3.05) is 0 Å². The SMILES string of the molecule is Cc1cnc2c(ccc3cc(S(=O)(=O)O)cnc32)c1. The van der Waals surface area contributed by atoms with Crippen molar-refractivity contribution >= 4 is 31.9 Å². The number of hydrogen-bond acceptors (Lipinski definition) is 4. The number of hydrogen-bond donors (Lipinski definition) is 1. The smallest absolute Gasteiger partial charge is 0.282 e. The lowest BCUT2D eigenvalue weighted by molar-refractivity contribution is 0.483. The van der Waals surface area contributed by atoms with Crippen LogP contribution in [0.15, 0.2) is 41.6 Å². The van der Waals surface area contributed by atoms with E-state index in [-0.39, 0.29) is 4.90 Å². The second-order valence-electron chi connectivity index (χ2n) is 4.37. The van der Waals surface area contributed by atoms with E-state index in [0.29, 0.717) is 16.4 Å². The van der Waals surface area contributed by atoms with E-state index < -0.39 is 10.1 Å². The van der Waals surface area contributed by atoms with Crippen molar-refractivity contribution in [3.05, 3.63) is 42.2 Å². The third kappa shape index (κ3) is 2.05. The maximum absolute atomic E-state index is 11.1. The van der Waals surface area contributed by atoms with Gasteiger partial charge in [-0.05, 0) is 24.6 Å². The molecular weight excluding hydrogens is 264 g/mol. The lowest BCUT2D eigenvalue weighted by Gasteiger charge is -2.04. The van der Waals surface area contributed by atoms with E-state index >= 15 is 0 Å². The van der Waals surface area contributed by atoms with Gasteiger partial charge in [-0.2, -0.15) is 8.42 Å². The van der Waals surface area contributed by atoms with Gasteiger partial charge in [0.15, 0.2) is 0 Å². The van der Waals surface area contributed by atoms with Gasteiger partial charge in [0, 0.05) is 23.2 Å². The van der Waals surface area contributed by atoms with Gasteiger partial charge in [-0.25, -0.2) is 0 Å². The number of aryl methyl sites for hydroxylation is 1. The van der Waals surface area contributed by atoms with Crippen LogP contribution in [0.4, 0.5) is 0 Å². The Morgan fingerprint density at radius 3 is 2.21 bits per heavy atom. The van der Waals surface area contributed by atoms with Gasteiger partial charge in [0.1, 0.15) is 4.90 Å². The van der Waals surface area contributed by atoms with Gasteiger partial charge in [-0.15, -0.1) is 0 Å². The molecule has 0 amide bonds. The Morgan fingerprint density at radius 2 is 1.58 bits per heavy atom. The van der Waals surface area contributed by atoms with E-state index in [0.717, 1.165) is 17.1 Å². The van der Waals surface area contributed by atoms with Crippen molar-refractivity contribution in [3.8, 4) is 0 Å². The summed E-state index contributed by atoms with van der Waals surface area (Å²) >= 11 is 0. The normalized spacial score (nSPS) is 12.1. The van der Waals surface area contributed by atoms with Gasteiger partial charge in [0.05, 0.1) is 11.0 Å². The van der Waals surface area contributed by atoms with Crippen LogP contribution in [0.25, 0.3) is 21.8 Å². The van der Waals surface area contributed by atoms with Crippen molar-refractivity contribution in [3.63, 3.8) is 0 Å². The fourth-order valence-electron chi connectivity index (χ4n) is 2.02. The minimum Gasteiger partial charge on any atom is -0.282 e. The Kier molecular flexibility index (Phi) is 2.51. The van der Waals surface area contributed by atoms with Crippen molar-refractivity contribution in [2.24, 2.45) is 0 Å². The van der Waals surface area contributed by atoms with Gasteiger partial charge in [0.25, 0.3) is 10.1 Å². The van der Waals surface area contributed by atoms with Crippen LogP contribution in [0.1, 0.15) is 5.56 Å². The first kappa shape index (κ1) is 12.0. The molecule has 3 aromatic rings. The highest BCUT2D eigenvalue weighted by molar-refractivity contribution is 7.85. The van der Waals surface area contributed by atoms with Gasteiger partial charge < -0.3 is 0 Å². The topological polar surface area (TPSA) is 80.2 Å². The molecule has 3 rings (SSSR count). The Hall–Kier alpha value is -2.05. The number of rotatable bonds is 1. The van der Waals surface area contributed by atoms with Crippen LogP contribution in [-0.2, 0) is 10.1 Å². The molecule has 0 aliphatic rings. The van der Waals surface area contributed by atoms with Crippen LogP contribution in [0.3, 0.4) is 0 Å². The minimum absolute atomic E-state index is 0.216. The average molecular weight is 274 g/mol. The molecule has 19 heavy (non-hydrogen) atoms. The van der Waals surface area contributed by atoms with E-state index in [1.54, 1.807) is 12.3 Å². The van der Waals surface area contributed by atoms with Gasteiger partial charge >= 0.3 is 0 Å². The first-order valence-corrected chi connectivity index (χ1v) is 7.02. The Morgan fingerprint density at radius 1 is 1.00 bits per heavy atom. The molecule has 0 radical (unpaired) electrons. The zero-order chi connectivity index (χ0) is 13.6. The summed E-state index contributed by atoms with van der Waals surface area (Å²) in [4.78, 5) is 8.21. The number of aromatic nitrogens is 2. The highest BCUT2D eigenvalue weighted by Crippen LogP contribution is 2.24. The van der Waals surface area contributed by atoms with Crippen molar-refractivity contribution in [1.29, 1.82) is 0 Å². The molecule has 0 unspecified atom stereocenters. The van der Waals surface area contributed by atoms with Crippen LogP contribution in [0.2, 0.25) is 0 Å². The third-order valence-corrected chi connectivity index (χ3v) is 3.73. The lowest BCUT2D eigenvalue weighted by atomic mass is 10.1. The zero-order valence-electron chi connectivity index (χ0n) is 10.0. The van der Waals surface area contributed by atoms with Gasteiger partial charge in [0.2, 0.25) is 0 Å². The summed E-state index contributed by atoms with van der Waals surface area (Å²) in [7, 11) is -4.24. The largest absolute Gasteiger partial charge is 0.296 e. The number of fused-ring (bicyclic) bond motifs is 3. The summed E-state index contributed by atoms with van der Waals surface area (Å²) < 4.78 is 31.2. The fraction of sp³-hybridized carbons (Fsp3) is 0.0769. The first-order valence-electron chi connectivity index (χ1n) is 5.58. The Labute approximate surface area is 109 Å². The molecule has 2 heterocycles. The summed E-state index contributed by atoms with van der Waals surface area (Å²) in [6, 6.07) is 6.99. The minimum atomic E-state index is -4.24. The van der Waals surface area contributed by atoms with Crippen LogP contribution >= 0.6 is 0 Å². The number of benzene rings is 1. The maximum atomic E-state index is 11.1. The molecular formula is C13H10N2O3S. The Balaban J connectivity index is 2.39. The number of nitrogens with zero attached hydrogens (tertiary/aromatic N) is 2. The molecule has 5 nitrogen and oxygen atoms in total. The molecule has 1 N–H and O–H groups in total. The average Bonchev–Trinajstić information content (AvgIpc) is 2.36. The molecule has 0 saturated heterocycles. The quantitative estimate of drug-likeness (QED) is 0.544. The highest BCUT2D eigenvalue weighted by Gasteiger charge is 2.12. The predicted octanol–water partition coefficient (Wildman–Crippen LogP) is 2.34. The molecule has 0 atom stereocenters. The standard InChI is InChI=1S/C13H10N2O3S/c1-8-4-9-2-3-10-5-11(19(16,17)18)7-15-13(10)12(9)14-6-8/h2-7H,1H3,(H,16,17,18). The summed E-state index contributed by atoms with van der Waals surface area (Å²) in [5, 5.41) is 1.57. The van der Waals surface area contributed by atoms with E-state index in [2.05, 4.69) is 9.97 Å². The van der Waals surface area contributed by atoms with Crippen LogP contribution in [-0.4, -0.2) is 22.9 Å². The van der Waals surface area contributed by atoms with E-state index in [1.165, 1.54) is 6.07 Å². The third-order valence-electron chi connectivity index (χ3n) is 2.91. The molecule has 0 saturated carbocycles. The second kappa shape index (κ2) is 3.97. The van der Waals surface area contributed by atoms with Crippen molar-refractivity contribution in [2.45, 2.75) is 11.8 Å². The molecule has 2 aromatic heterocycles. The van der Waals surface area contributed by atoms with Gasteiger partial charge in [-0.3, -0.25) is 14.5 Å². The maximum Gasteiger partial charge on any atom is 0.296 e. The molecule has 1 aromatic carbocycles. The van der Waals surface area contributed by atoms with Crippen LogP contribution < -0.4 is 0 Å². The summed E-state index contributed by atoms with van der Waals surface area (Å²) in [5.74, 6) is 0. The van der Waals surface area contributed by atoms with Crippen LogP contribution in [0, 0.1) is 6.92 Å². The fourth-order valence-corrected chi connectivity index (χ4v) is 2.49. The highest BCUT2D eigenvalue weighted by atomic mass is 32.2. The van der Waals surface area contributed by atoms with E-state index in [1.807, 2.05) is 19.1 Å². The monoisotopic (exact) mass is 274 g/mol. The summed E-state index contributed by atoms with van der Waals surface area (Å²) in [5.41, 5.74) is 2.37. The summed E-state index contributed by atoms with van der Waals surface area (Å²) in [6.45, 7) is 1.95. The predicted molar refractivity (Wildman–Crippen MR) is 71.6 cm³/mol. The van der Waals surface area contributed by atoms with Gasteiger partial charge in [-0.1, -0.05) is 12.1 Å². The van der Waals surface area contributed by atoms with E-state index in [4.69, 9.17) is 4.55 Å². The Bertz CT molecular complexity index is 904. The summed E-state index contributed by atoms with van der Waals surface area (Å²) in [6.07, 6.45) is 2.87. The van der Waals surface area contributed by atoms with Crippen LogP contribution in [0.5, 0.6) is 0 Å². The second-order valence-corrected chi connectivity index (χ2v) is 5.79. The molecule has 0 aliphatic carbocycles. The first-order chi connectivity index (χ1) is 8.95. The molecule has 0 aliphatic heterocycles. The lowest BCUT2D eigenvalue weighted by Crippen LogP contribution is -1.99. The molecule has 0 spiro atoms. The zero-order valence-corrected chi connectivity index (χ0v) is 10.8. The molecule has 96 valence electrons. The number of pyridine rings is 2. The molecule has 0 fully saturated rings. The van der Waals surface area contributed by atoms with E-state index in [9.17, 15) is 8.42 Å². The van der Waals surface area contributed by atoms with Crippen molar-refractivity contribution in [1.82, 2.24) is 9.97 Å².